The molecule has 0 aromatic rings. The first kappa shape index (κ1) is 13.0. The highest BCUT2D eigenvalue weighted by molar-refractivity contribution is 4.54. The predicted octanol–water partition coefficient (Wildman–Crippen LogP) is 3.72. The van der Waals surface area contributed by atoms with Crippen molar-refractivity contribution in [3.05, 3.63) is 0 Å². The van der Waals surface area contributed by atoms with E-state index < -0.39 is 0 Å². The van der Waals surface area contributed by atoms with Crippen molar-refractivity contribution in [2.45, 2.75) is 65.2 Å². The van der Waals surface area contributed by atoms with Gasteiger partial charge < -0.3 is 5.73 Å². The standard InChI is InChI=1S/C12H27N/c1-3-4-5-6-9-12(2)10-7-8-11-13/h12H,3-11,13H2,1-2H3. The van der Waals surface area contributed by atoms with Crippen LogP contribution in [0.5, 0.6) is 0 Å². The van der Waals surface area contributed by atoms with Gasteiger partial charge in [0.05, 0.1) is 0 Å². The maximum absolute atomic E-state index is 5.45. The number of rotatable bonds is 9. The third kappa shape index (κ3) is 9.88. The van der Waals surface area contributed by atoms with E-state index >= 15 is 0 Å². The van der Waals surface area contributed by atoms with Crippen LogP contribution in [0.4, 0.5) is 0 Å². The fraction of sp³-hybridized carbons (Fsp3) is 1.00. The zero-order valence-electron chi connectivity index (χ0n) is 9.52. The molecule has 0 rings (SSSR count). The van der Waals surface area contributed by atoms with Gasteiger partial charge in [0.15, 0.2) is 0 Å². The molecule has 0 radical (unpaired) electrons. The van der Waals surface area contributed by atoms with Crippen LogP contribution in [0.25, 0.3) is 0 Å². The van der Waals surface area contributed by atoms with E-state index in [1.165, 1.54) is 51.4 Å². The largest absolute Gasteiger partial charge is 0.330 e. The highest BCUT2D eigenvalue weighted by Crippen LogP contribution is 2.15. The van der Waals surface area contributed by atoms with Crippen molar-refractivity contribution in [3.8, 4) is 0 Å². The molecule has 13 heavy (non-hydrogen) atoms. The van der Waals surface area contributed by atoms with Crippen LogP contribution in [0.3, 0.4) is 0 Å². The lowest BCUT2D eigenvalue weighted by Crippen LogP contribution is -2.00. The molecular formula is C12H27N. The van der Waals surface area contributed by atoms with Crippen molar-refractivity contribution < 1.29 is 0 Å². The van der Waals surface area contributed by atoms with Gasteiger partial charge in [-0.15, -0.1) is 0 Å². The average Bonchev–Trinajstić information content (AvgIpc) is 2.13. The summed E-state index contributed by atoms with van der Waals surface area (Å²) in [5.74, 6) is 0.920. The highest BCUT2D eigenvalue weighted by Gasteiger charge is 2.00. The van der Waals surface area contributed by atoms with Crippen molar-refractivity contribution in [1.82, 2.24) is 0 Å². The lowest BCUT2D eigenvalue weighted by molar-refractivity contribution is 0.442. The van der Waals surface area contributed by atoms with E-state index in [4.69, 9.17) is 5.73 Å². The first-order valence-electron chi connectivity index (χ1n) is 6.01. The quantitative estimate of drug-likeness (QED) is 0.544. The van der Waals surface area contributed by atoms with Crippen molar-refractivity contribution in [2.24, 2.45) is 11.7 Å². The second kappa shape index (κ2) is 10.0. The normalized spacial score (nSPS) is 13.2. The van der Waals surface area contributed by atoms with Gasteiger partial charge in [0.1, 0.15) is 0 Å². The number of hydrogen-bond acceptors (Lipinski definition) is 1. The third-order valence-electron chi connectivity index (χ3n) is 2.70. The molecule has 0 aliphatic carbocycles. The van der Waals surface area contributed by atoms with Crippen LogP contribution >= 0.6 is 0 Å². The molecule has 0 saturated carbocycles. The summed E-state index contributed by atoms with van der Waals surface area (Å²) in [4.78, 5) is 0. The summed E-state index contributed by atoms with van der Waals surface area (Å²) in [5.41, 5.74) is 5.45. The average molecular weight is 185 g/mol. The van der Waals surface area contributed by atoms with Gasteiger partial charge in [-0.05, 0) is 18.9 Å². The Labute approximate surface area is 84.1 Å². The van der Waals surface area contributed by atoms with Crippen molar-refractivity contribution in [1.29, 1.82) is 0 Å². The van der Waals surface area contributed by atoms with Crippen LogP contribution in [0.2, 0.25) is 0 Å². The summed E-state index contributed by atoms with van der Waals surface area (Å²) in [6.07, 6.45) is 10.9. The van der Waals surface area contributed by atoms with Crippen LogP contribution in [0.15, 0.2) is 0 Å². The monoisotopic (exact) mass is 185 g/mol. The highest BCUT2D eigenvalue weighted by atomic mass is 14.5. The summed E-state index contributed by atoms with van der Waals surface area (Å²) in [6.45, 7) is 5.51. The van der Waals surface area contributed by atoms with E-state index in [1.807, 2.05) is 0 Å². The number of hydrogen-bond donors (Lipinski definition) is 1. The number of nitrogens with two attached hydrogens (primary N) is 1. The molecule has 0 aliphatic heterocycles. The zero-order valence-corrected chi connectivity index (χ0v) is 9.52. The third-order valence-corrected chi connectivity index (χ3v) is 2.70. The fourth-order valence-electron chi connectivity index (χ4n) is 1.70. The maximum atomic E-state index is 5.45. The molecule has 0 spiro atoms. The summed E-state index contributed by atoms with van der Waals surface area (Å²) >= 11 is 0. The predicted molar refractivity (Wildman–Crippen MR) is 60.8 cm³/mol. The molecule has 0 fully saturated rings. The van der Waals surface area contributed by atoms with Crippen molar-refractivity contribution in [2.75, 3.05) is 6.54 Å². The minimum Gasteiger partial charge on any atom is -0.330 e. The summed E-state index contributed by atoms with van der Waals surface area (Å²) in [7, 11) is 0. The second-order valence-corrected chi connectivity index (χ2v) is 4.24. The molecule has 0 aromatic carbocycles. The SMILES string of the molecule is CCCCCCC(C)CCCCN. The smallest absolute Gasteiger partial charge is 0.00773 e. The first-order valence-corrected chi connectivity index (χ1v) is 6.01. The molecule has 1 unspecified atom stereocenters. The van der Waals surface area contributed by atoms with Crippen LogP contribution < -0.4 is 5.73 Å². The van der Waals surface area contributed by atoms with Crippen molar-refractivity contribution >= 4 is 0 Å². The molecule has 1 nitrogen and oxygen atoms in total. The summed E-state index contributed by atoms with van der Waals surface area (Å²) < 4.78 is 0. The van der Waals surface area contributed by atoms with E-state index in [1.54, 1.807) is 0 Å². The van der Waals surface area contributed by atoms with Crippen molar-refractivity contribution in [3.63, 3.8) is 0 Å². The van der Waals surface area contributed by atoms with E-state index in [0.717, 1.165) is 12.5 Å². The van der Waals surface area contributed by atoms with E-state index in [2.05, 4.69) is 13.8 Å². The lowest BCUT2D eigenvalue weighted by atomic mass is 9.97. The van der Waals surface area contributed by atoms with Gasteiger partial charge in [-0.1, -0.05) is 58.8 Å². The fourth-order valence-corrected chi connectivity index (χ4v) is 1.70. The zero-order chi connectivity index (χ0) is 9.94. The molecule has 0 saturated heterocycles. The van der Waals surface area contributed by atoms with Gasteiger partial charge in [0.2, 0.25) is 0 Å². The molecule has 1 heteroatoms. The molecular weight excluding hydrogens is 158 g/mol. The Hall–Kier alpha value is -0.0400. The van der Waals surface area contributed by atoms with Crippen LogP contribution in [-0.2, 0) is 0 Å². The molecule has 2 N–H and O–H groups in total. The minimum absolute atomic E-state index is 0.864. The van der Waals surface area contributed by atoms with E-state index in [-0.39, 0.29) is 0 Å². The molecule has 1 atom stereocenters. The maximum Gasteiger partial charge on any atom is -0.00773 e. The van der Waals surface area contributed by atoms with Gasteiger partial charge in [0, 0.05) is 0 Å². The molecule has 0 aromatic heterocycles. The first-order chi connectivity index (χ1) is 6.31. The molecule has 80 valence electrons. The van der Waals surface area contributed by atoms with Gasteiger partial charge >= 0.3 is 0 Å². The summed E-state index contributed by atoms with van der Waals surface area (Å²) in [6, 6.07) is 0. The Morgan fingerprint density at radius 2 is 1.54 bits per heavy atom. The van der Waals surface area contributed by atoms with Gasteiger partial charge in [0.25, 0.3) is 0 Å². The van der Waals surface area contributed by atoms with Crippen LogP contribution in [-0.4, -0.2) is 6.54 Å². The second-order valence-electron chi connectivity index (χ2n) is 4.24. The molecule has 0 amide bonds. The summed E-state index contributed by atoms with van der Waals surface area (Å²) in [5, 5.41) is 0. The molecule has 0 aliphatic rings. The Kier molecular flexibility index (Phi) is 10.0. The number of unbranched alkanes of at least 4 members (excludes halogenated alkanes) is 4. The minimum atomic E-state index is 0.864. The molecule has 0 bridgehead atoms. The lowest BCUT2D eigenvalue weighted by Gasteiger charge is -2.10. The van der Waals surface area contributed by atoms with Crippen LogP contribution in [0.1, 0.15) is 65.2 Å². The van der Waals surface area contributed by atoms with E-state index in [9.17, 15) is 0 Å². The van der Waals surface area contributed by atoms with E-state index in [0.29, 0.717) is 0 Å². The topological polar surface area (TPSA) is 26.0 Å². The Morgan fingerprint density at radius 1 is 0.923 bits per heavy atom. The van der Waals surface area contributed by atoms with Gasteiger partial charge in [-0.2, -0.15) is 0 Å². The van der Waals surface area contributed by atoms with Crippen LogP contribution in [0, 0.1) is 5.92 Å². The Bertz CT molecular complexity index is 91.1. The Morgan fingerprint density at radius 3 is 2.08 bits per heavy atom. The van der Waals surface area contributed by atoms with Gasteiger partial charge in [-0.3, -0.25) is 0 Å². The van der Waals surface area contributed by atoms with Gasteiger partial charge in [-0.25, -0.2) is 0 Å². The molecule has 0 heterocycles. The Balaban J connectivity index is 3.05.